The van der Waals surface area contributed by atoms with Gasteiger partial charge in [-0.05, 0) is 24.3 Å². The number of nitrogens with two attached hydrogens (primary N) is 1. The molecule has 0 amide bonds. The van der Waals surface area contributed by atoms with Crippen LogP contribution in [0.4, 0.5) is 0 Å². The van der Waals surface area contributed by atoms with Crippen molar-refractivity contribution in [2.75, 3.05) is 11.5 Å². The van der Waals surface area contributed by atoms with E-state index in [1.54, 1.807) is 0 Å². The summed E-state index contributed by atoms with van der Waals surface area (Å²) in [5.41, 5.74) is 7.10. The summed E-state index contributed by atoms with van der Waals surface area (Å²) in [6, 6.07) is 0. The molecule has 0 radical (unpaired) electrons. The molecule has 1 aromatic heterocycles. The van der Waals surface area contributed by atoms with Crippen LogP contribution in [0, 0.1) is 0 Å². The van der Waals surface area contributed by atoms with Gasteiger partial charge in [0, 0.05) is 17.3 Å². The number of hydrogen-bond donors (Lipinski definition) is 2. The molecule has 78 valence electrons. The molecule has 1 aliphatic heterocycles. The lowest BCUT2D eigenvalue weighted by Crippen LogP contribution is -2.27. The second-order valence-corrected chi connectivity index (χ2v) is 5.35. The number of rotatable bonds is 2. The maximum atomic E-state index is 5.54. The minimum atomic E-state index is 0.297. The SMILES string of the molecule is CC1(c2cnc(CN)[nH]2)CCSCC1. The molecule has 3 nitrogen and oxygen atoms in total. The van der Waals surface area contributed by atoms with Crippen molar-refractivity contribution in [2.24, 2.45) is 5.73 Å². The van der Waals surface area contributed by atoms with Crippen molar-refractivity contribution in [3.05, 3.63) is 17.7 Å². The highest BCUT2D eigenvalue weighted by atomic mass is 32.2. The Morgan fingerprint density at radius 2 is 2.29 bits per heavy atom. The van der Waals surface area contributed by atoms with Crippen molar-refractivity contribution in [3.8, 4) is 0 Å². The number of hydrogen-bond acceptors (Lipinski definition) is 3. The molecule has 0 unspecified atom stereocenters. The highest BCUT2D eigenvalue weighted by molar-refractivity contribution is 7.99. The van der Waals surface area contributed by atoms with Crippen LogP contribution in [0.25, 0.3) is 0 Å². The zero-order valence-corrected chi connectivity index (χ0v) is 9.36. The molecule has 2 heterocycles. The Bertz CT molecular complexity index is 302. The van der Waals surface area contributed by atoms with E-state index in [0.717, 1.165) is 5.82 Å². The van der Waals surface area contributed by atoms with Gasteiger partial charge in [0.25, 0.3) is 0 Å². The van der Waals surface area contributed by atoms with Crippen molar-refractivity contribution in [1.29, 1.82) is 0 Å². The third-order valence-electron chi connectivity index (χ3n) is 3.07. The third-order valence-corrected chi connectivity index (χ3v) is 4.05. The van der Waals surface area contributed by atoms with Crippen molar-refractivity contribution >= 4 is 11.8 Å². The largest absolute Gasteiger partial charge is 0.344 e. The third kappa shape index (κ3) is 1.81. The fourth-order valence-electron chi connectivity index (χ4n) is 1.86. The van der Waals surface area contributed by atoms with E-state index < -0.39 is 0 Å². The van der Waals surface area contributed by atoms with E-state index in [1.807, 2.05) is 18.0 Å². The second kappa shape index (κ2) is 3.95. The Labute approximate surface area is 88.9 Å². The Hall–Kier alpha value is -0.480. The van der Waals surface area contributed by atoms with E-state index in [0.29, 0.717) is 12.0 Å². The van der Waals surface area contributed by atoms with Gasteiger partial charge in [-0.25, -0.2) is 4.98 Å². The van der Waals surface area contributed by atoms with E-state index in [9.17, 15) is 0 Å². The van der Waals surface area contributed by atoms with Gasteiger partial charge in [-0.1, -0.05) is 6.92 Å². The smallest absolute Gasteiger partial charge is 0.120 e. The first kappa shape index (κ1) is 10.1. The maximum absolute atomic E-state index is 5.54. The van der Waals surface area contributed by atoms with Gasteiger partial charge < -0.3 is 10.7 Å². The highest BCUT2D eigenvalue weighted by Crippen LogP contribution is 2.36. The summed E-state index contributed by atoms with van der Waals surface area (Å²) in [5.74, 6) is 3.42. The molecule has 0 atom stereocenters. The van der Waals surface area contributed by atoms with Crippen LogP contribution in [-0.4, -0.2) is 21.5 Å². The number of nitrogens with zero attached hydrogens (tertiary/aromatic N) is 1. The predicted molar refractivity (Wildman–Crippen MR) is 60.4 cm³/mol. The van der Waals surface area contributed by atoms with Gasteiger partial charge in [0.2, 0.25) is 0 Å². The molecule has 3 N–H and O–H groups in total. The zero-order valence-electron chi connectivity index (χ0n) is 8.55. The first-order valence-electron chi connectivity index (χ1n) is 5.07. The van der Waals surface area contributed by atoms with E-state index >= 15 is 0 Å². The molecular weight excluding hydrogens is 194 g/mol. The number of thioether (sulfide) groups is 1. The van der Waals surface area contributed by atoms with E-state index in [2.05, 4.69) is 16.9 Å². The molecule has 2 rings (SSSR count). The summed E-state index contributed by atoms with van der Waals surface area (Å²) in [6.45, 7) is 2.82. The quantitative estimate of drug-likeness (QED) is 0.782. The molecule has 4 heteroatoms. The Balaban J connectivity index is 2.19. The van der Waals surface area contributed by atoms with Crippen molar-refractivity contribution in [3.63, 3.8) is 0 Å². The van der Waals surface area contributed by atoms with Crippen LogP contribution in [0.2, 0.25) is 0 Å². The number of nitrogens with one attached hydrogen (secondary N) is 1. The van der Waals surface area contributed by atoms with Gasteiger partial charge in [-0.3, -0.25) is 0 Å². The first-order valence-corrected chi connectivity index (χ1v) is 6.22. The fraction of sp³-hybridized carbons (Fsp3) is 0.700. The molecule has 0 spiro atoms. The minimum Gasteiger partial charge on any atom is -0.344 e. The number of imidazole rings is 1. The molecule has 0 saturated carbocycles. The Kier molecular flexibility index (Phi) is 2.83. The van der Waals surface area contributed by atoms with Gasteiger partial charge in [-0.2, -0.15) is 11.8 Å². The minimum absolute atomic E-state index is 0.297. The Morgan fingerprint density at radius 1 is 1.57 bits per heavy atom. The van der Waals surface area contributed by atoms with Crippen LogP contribution in [-0.2, 0) is 12.0 Å². The molecule has 14 heavy (non-hydrogen) atoms. The summed E-state index contributed by atoms with van der Waals surface area (Å²) >= 11 is 2.05. The van der Waals surface area contributed by atoms with E-state index in [4.69, 9.17) is 5.73 Å². The lowest BCUT2D eigenvalue weighted by atomic mass is 9.81. The average Bonchev–Trinajstić information content (AvgIpc) is 2.67. The van der Waals surface area contributed by atoms with Crippen LogP contribution < -0.4 is 5.73 Å². The van der Waals surface area contributed by atoms with Crippen LogP contribution >= 0.6 is 11.8 Å². The summed E-state index contributed by atoms with van der Waals surface area (Å²) in [5, 5.41) is 0. The topological polar surface area (TPSA) is 54.7 Å². The van der Waals surface area contributed by atoms with Crippen molar-refractivity contribution < 1.29 is 0 Å². The van der Waals surface area contributed by atoms with Crippen LogP contribution in [0.1, 0.15) is 31.3 Å². The maximum Gasteiger partial charge on any atom is 0.120 e. The van der Waals surface area contributed by atoms with Crippen LogP contribution in [0.5, 0.6) is 0 Å². The molecule has 1 fully saturated rings. The summed E-state index contributed by atoms with van der Waals surface area (Å²) in [4.78, 5) is 7.60. The molecule has 0 aromatic carbocycles. The van der Waals surface area contributed by atoms with Gasteiger partial charge in [0.15, 0.2) is 0 Å². The normalized spacial score (nSPS) is 21.0. The number of aromatic nitrogens is 2. The first-order chi connectivity index (χ1) is 6.74. The predicted octanol–water partition coefficient (Wildman–Crippen LogP) is 1.65. The fourth-order valence-corrected chi connectivity index (χ4v) is 3.26. The summed E-state index contributed by atoms with van der Waals surface area (Å²) in [6.07, 6.45) is 4.44. The van der Waals surface area contributed by atoms with Crippen LogP contribution in [0.15, 0.2) is 6.20 Å². The van der Waals surface area contributed by atoms with E-state index in [1.165, 1.54) is 30.0 Å². The van der Waals surface area contributed by atoms with Crippen molar-refractivity contribution in [2.45, 2.75) is 31.7 Å². The Morgan fingerprint density at radius 3 is 2.86 bits per heavy atom. The molecular formula is C10H17N3S. The summed E-state index contributed by atoms with van der Waals surface area (Å²) in [7, 11) is 0. The standard InChI is InChI=1S/C10H17N3S/c1-10(2-4-14-5-3-10)8-7-12-9(6-11)13-8/h7H,2-6,11H2,1H3,(H,12,13). The van der Waals surface area contributed by atoms with Gasteiger partial charge in [0.1, 0.15) is 5.82 Å². The lowest BCUT2D eigenvalue weighted by molar-refractivity contribution is 0.425. The molecule has 1 aromatic rings. The van der Waals surface area contributed by atoms with Gasteiger partial charge in [-0.15, -0.1) is 0 Å². The van der Waals surface area contributed by atoms with Gasteiger partial charge >= 0.3 is 0 Å². The van der Waals surface area contributed by atoms with Gasteiger partial charge in [0.05, 0.1) is 6.54 Å². The van der Waals surface area contributed by atoms with Crippen LogP contribution in [0.3, 0.4) is 0 Å². The molecule has 1 saturated heterocycles. The number of aromatic amines is 1. The van der Waals surface area contributed by atoms with E-state index in [-0.39, 0.29) is 0 Å². The second-order valence-electron chi connectivity index (χ2n) is 4.12. The average molecular weight is 211 g/mol. The molecule has 1 aliphatic rings. The zero-order chi connectivity index (χ0) is 10.0. The summed E-state index contributed by atoms with van der Waals surface area (Å²) < 4.78 is 0. The lowest BCUT2D eigenvalue weighted by Gasteiger charge is -2.32. The highest BCUT2D eigenvalue weighted by Gasteiger charge is 2.30. The molecule has 0 aliphatic carbocycles. The molecule has 0 bridgehead atoms. The monoisotopic (exact) mass is 211 g/mol. The number of H-pyrrole nitrogens is 1. The van der Waals surface area contributed by atoms with Crippen molar-refractivity contribution in [1.82, 2.24) is 9.97 Å².